The third kappa shape index (κ3) is 3.68. The molecule has 0 bridgehead atoms. The van der Waals surface area contributed by atoms with Crippen molar-refractivity contribution < 1.29 is 18.7 Å². The van der Waals surface area contributed by atoms with E-state index in [1.165, 1.54) is 12.1 Å². The molecular weight excluding hydrogens is 263 g/mol. The summed E-state index contributed by atoms with van der Waals surface area (Å²) in [5.74, 6) is -2.31. The highest BCUT2D eigenvalue weighted by Crippen LogP contribution is 2.18. The Balaban J connectivity index is 2.69. The fourth-order valence-corrected chi connectivity index (χ4v) is 1.25. The number of ether oxygens (including phenoxy) is 1. The van der Waals surface area contributed by atoms with E-state index in [4.69, 9.17) is 17.3 Å². The number of hydrogen-bond acceptors (Lipinski definition) is 4. The maximum Gasteiger partial charge on any atom is 0.332 e. The van der Waals surface area contributed by atoms with Gasteiger partial charge in [-0.3, -0.25) is 4.79 Å². The molecule has 1 atom stereocenters. The zero-order valence-electron chi connectivity index (χ0n) is 9.57. The van der Waals surface area contributed by atoms with Gasteiger partial charge in [0.05, 0.1) is 11.6 Å². The molecule has 0 aromatic heterocycles. The van der Waals surface area contributed by atoms with Crippen molar-refractivity contribution in [2.24, 2.45) is 5.73 Å². The molecule has 0 heterocycles. The normalized spacial score (nSPS) is 11.8. The van der Waals surface area contributed by atoms with Gasteiger partial charge in [-0.05, 0) is 25.1 Å². The molecule has 1 aromatic carbocycles. The van der Waals surface area contributed by atoms with Gasteiger partial charge in [-0.2, -0.15) is 0 Å². The van der Waals surface area contributed by atoms with Crippen LogP contribution in [0.3, 0.4) is 0 Å². The lowest BCUT2D eigenvalue weighted by Crippen LogP contribution is -2.43. The van der Waals surface area contributed by atoms with Gasteiger partial charge >= 0.3 is 5.97 Å². The lowest BCUT2D eigenvalue weighted by molar-refractivity contribution is -0.146. The first kappa shape index (κ1) is 14.4. The van der Waals surface area contributed by atoms with E-state index in [1.807, 2.05) is 0 Å². The Morgan fingerprint density at radius 1 is 1.56 bits per heavy atom. The number of anilines is 1. The Bertz CT molecular complexity index is 468. The van der Waals surface area contributed by atoms with Crippen molar-refractivity contribution in [2.75, 3.05) is 11.9 Å². The first-order valence-corrected chi connectivity index (χ1v) is 5.51. The van der Waals surface area contributed by atoms with Gasteiger partial charge in [0, 0.05) is 5.69 Å². The molecule has 1 amide bonds. The molecule has 0 aliphatic heterocycles. The van der Waals surface area contributed by atoms with Crippen LogP contribution >= 0.6 is 11.6 Å². The zero-order chi connectivity index (χ0) is 13.7. The van der Waals surface area contributed by atoms with E-state index < -0.39 is 23.7 Å². The molecule has 3 N–H and O–H groups in total. The largest absolute Gasteiger partial charge is 0.464 e. The van der Waals surface area contributed by atoms with Crippen LogP contribution in [-0.2, 0) is 14.3 Å². The summed E-state index contributed by atoms with van der Waals surface area (Å²) < 4.78 is 17.7. The number of carbonyl (C=O) groups excluding carboxylic acids is 2. The molecule has 0 saturated carbocycles. The molecule has 0 saturated heterocycles. The molecule has 5 nitrogen and oxygen atoms in total. The Labute approximate surface area is 108 Å². The number of halogens is 2. The summed E-state index contributed by atoms with van der Waals surface area (Å²) >= 11 is 5.48. The fraction of sp³-hybridized carbons (Fsp3) is 0.273. The number of rotatable bonds is 4. The van der Waals surface area contributed by atoms with Gasteiger partial charge < -0.3 is 15.8 Å². The van der Waals surface area contributed by atoms with Crippen molar-refractivity contribution >= 4 is 29.2 Å². The van der Waals surface area contributed by atoms with Gasteiger partial charge in [0.25, 0.3) is 5.91 Å². The number of benzene rings is 1. The Morgan fingerprint density at radius 3 is 2.78 bits per heavy atom. The predicted octanol–water partition coefficient (Wildman–Crippen LogP) is 1.31. The molecule has 0 radical (unpaired) electrons. The van der Waals surface area contributed by atoms with Crippen molar-refractivity contribution in [3.8, 4) is 0 Å². The molecule has 0 aliphatic carbocycles. The van der Waals surface area contributed by atoms with E-state index in [9.17, 15) is 14.0 Å². The molecule has 0 spiro atoms. The van der Waals surface area contributed by atoms with Gasteiger partial charge in [-0.1, -0.05) is 11.6 Å². The van der Waals surface area contributed by atoms with Gasteiger partial charge in [0.2, 0.25) is 0 Å². The quantitative estimate of drug-likeness (QED) is 0.641. The highest BCUT2D eigenvalue weighted by atomic mass is 35.5. The zero-order valence-corrected chi connectivity index (χ0v) is 10.3. The summed E-state index contributed by atoms with van der Waals surface area (Å²) in [6, 6.07) is 2.24. The second-order valence-electron chi connectivity index (χ2n) is 3.35. The molecule has 0 fully saturated rings. The molecule has 7 heteroatoms. The van der Waals surface area contributed by atoms with Crippen molar-refractivity contribution in [2.45, 2.75) is 13.0 Å². The van der Waals surface area contributed by atoms with E-state index >= 15 is 0 Å². The van der Waals surface area contributed by atoms with Crippen LogP contribution < -0.4 is 11.1 Å². The summed E-state index contributed by atoms with van der Waals surface area (Å²) in [4.78, 5) is 22.7. The topological polar surface area (TPSA) is 81.4 Å². The number of nitrogens with one attached hydrogen (secondary N) is 1. The van der Waals surface area contributed by atoms with Gasteiger partial charge in [-0.15, -0.1) is 0 Å². The number of carbonyl (C=O) groups is 2. The monoisotopic (exact) mass is 274 g/mol. The van der Waals surface area contributed by atoms with E-state index in [0.717, 1.165) is 6.07 Å². The SMILES string of the molecule is CCOC(=O)C(N)C(=O)Nc1ccc(Cl)c(F)c1. The number of esters is 1. The molecule has 1 aromatic rings. The van der Waals surface area contributed by atoms with Gasteiger partial charge in [0.15, 0.2) is 6.04 Å². The van der Waals surface area contributed by atoms with E-state index in [2.05, 4.69) is 10.1 Å². The lowest BCUT2D eigenvalue weighted by atomic mass is 10.2. The van der Waals surface area contributed by atoms with Crippen LogP contribution in [0.15, 0.2) is 18.2 Å². The van der Waals surface area contributed by atoms with Crippen LogP contribution in [0.2, 0.25) is 5.02 Å². The molecular formula is C11H12ClFN2O3. The van der Waals surface area contributed by atoms with Crippen molar-refractivity contribution in [1.29, 1.82) is 0 Å². The molecule has 98 valence electrons. The van der Waals surface area contributed by atoms with Crippen molar-refractivity contribution in [3.63, 3.8) is 0 Å². The molecule has 1 unspecified atom stereocenters. The first-order valence-electron chi connectivity index (χ1n) is 5.13. The lowest BCUT2D eigenvalue weighted by Gasteiger charge is -2.11. The minimum atomic E-state index is -1.45. The van der Waals surface area contributed by atoms with E-state index in [1.54, 1.807) is 6.92 Å². The average molecular weight is 275 g/mol. The molecule has 1 rings (SSSR count). The Kier molecular flexibility index (Phi) is 5.06. The highest BCUT2D eigenvalue weighted by Gasteiger charge is 2.23. The minimum Gasteiger partial charge on any atom is -0.464 e. The van der Waals surface area contributed by atoms with Crippen molar-refractivity contribution in [1.82, 2.24) is 0 Å². The Morgan fingerprint density at radius 2 is 2.22 bits per heavy atom. The van der Waals surface area contributed by atoms with Crippen LogP contribution in [0.25, 0.3) is 0 Å². The number of hydrogen-bond donors (Lipinski definition) is 2. The van der Waals surface area contributed by atoms with E-state index in [0.29, 0.717) is 0 Å². The number of amides is 1. The fourth-order valence-electron chi connectivity index (χ4n) is 1.13. The van der Waals surface area contributed by atoms with Crippen LogP contribution in [0.5, 0.6) is 0 Å². The summed E-state index contributed by atoms with van der Waals surface area (Å²) in [5.41, 5.74) is 5.51. The Hall–Kier alpha value is -1.66. The van der Waals surface area contributed by atoms with Gasteiger partial charge in [0.1, 0.15) is 5.82 Å². The molecule has 0 aliphatic rings. The summed E-state index contributed by atoms with van der Waals surface area (Å²) in [7, 11) is 0. The van der Waals surface area contributed by atoms with Crippen LogP contribution in [-0.4, -0.2) is 24.5 Å². The average Bonchev–Trinajstić information content (AvgIpc) is 2.33. The summed E-state index contributed by atoms with van der Waals surface area (Å²) in [6.07, 6.45) is 0. The molecule has 18 heavy (non-hydrogen) atoms. The second kappa shape index (κ2) is 6.32. The number of nitrogens with two attached hydrogens (primary N) is 1. The van der Waals surface area contributed by atoms with Crippen LogP contribution in [0, 0.1) is 5.82 Å². The highest BCUT2D eigenvalue weighted by molar-refractivity contribution is 6.30. The smallest absolute Gasteiger partial charge is 0.332 e. The van der Waals surface area contributed by atoms with Crippen LogP contribution in [0.1, 0.15) is 6.92 Å². The minimum absolute atomic E-state index is 0.0670. The third-order valence-corrected chi connectivity index (χ3v) is 2.32. The maximum atomic E-state index is 13.1. The first-order chi connectivity index (χ1) is 8.45. The maximum absolute atomic E-state index is 13.1. The summed E-state index contributed by atoms with van der Waals surface area (Å²) in [5, 5.41) is 2.22. The van der Waals surface area contributed by atoms with Crippen molar-refractivity contribution in [3.05, 3.63) is 29.0 Å². The van der Waals surface area contributed by atoms with Gasteiger partial charge in [-0.25, -0.2) is 9.18 Å². The van der Waals surface area contributed by atoms with E-state index in [-0.39, 0.29) is 17.3 Å². The third-order valence-electron chi connectivity index (χ3n) is 2.01. The van der Waals surface area contributed by atoms with Crippen LogP contribution in [0.4, 0.5) is 10.1 Å². The predicted molar refractivity (Wildman–Crippen MR) is 64.6 cm³/mol. The summed E-state index contributed by atoms with van der Waals surface area (Å²) in [6.45, 7) is 1.71. The second-order valence-corrected chi connectivity index (χ2v) is 3.76. The standard InChI is InChI=1S/C11H12ClFN2O3/c1-2-18-11(17)9(14)10(16)15-6-3-4-7(12)8(13)5-6/h3-5,9H,2,14H2,1H3,(H,15,16).